The fourth-order valence-corrected chi connectivity index (χ4v) is 2.48. The Kier molecular flexibility index (Phi) is 9.27. The van der Waals surface area contributed by atoms with Crippen molar-refractivity contribution in [2.45, 2.75) is 39.4 Å². The van der Waals surface area contributed by atoms with Gasteiger partial charge in [0, 0.05) is 31.5 Å². The highest BCUT2D eigenvalue weighted by Crippen LogP contribution is 2.10. The van der Waals surface area contributed by atoms with Gasteiger partial charge in [0.25, 0.3) is 0 Å². The summed E-state index contributed by atoms with van der Waals surface area (Å²) in [6.45, 7) is 7.35. The van der Waals surface area contributed by atoms with Crippen LogP contribution in [0.15, 0.2) is 47.7 Å². The van der Waals surface area contributed by atoms with Crippen molar-refractivity contribution in [2.75, 3.05) is 13.6 Å². The minimum absolute atomic E-state index is 0. The van der Waals surface area contributed by atoms with Gasteiger partial charge in [-0.25, -0.2) is 0 Å². The number of aliphatic imine (C=N–C) groups is 1. The third kappa shape index (κ3) is 8.42. The van der Waals surface area contributed by atoms with Crippen molar-refractivity contribution in [3.05, 3.63) is 53.9 Å². The number of hydrogen-bond donors (Lipinski definition) is 3. The summed E-state index contributed by atoms with van der Waals surface area (Å²) in [7, 11) is 1.69. The van der Waals surface area contributed by atoms with E-state index in [2.05, 4.69) is 38.2 Å². The van der Waals surface area contributed by atoms with E-state index >= 15 is 0 Å². The van der Waals surface area contributed by atoms with Gasteiger partial charge in [0.2, 0.25) is 5.91 Å². The molecule has 1 aromatic heterocycles. The average molecular weight is 484 g/mol. The van der Waals surface area contributed by atoms with Crippen molar-refractivity contribution < 1.29 is 4.79 Å². The van der Waals surface area contributed by atoms with Gasteiger partial charge in [-0.15, -0.1) is 24.0 Å². The lowest BCUT2D eigenvalue weighted by molar-refractivity contribution is -0.121. The van der Waals surface area contributed by atoms with E-state index in [0.29, 0.717) is 19.0 Å². The Bertz CT molecular complexity index is 737. The zero-order valence-electron chi connectivity index (χ0n) is 16.3. The Morgan fingerprint density at radius 1 is 1.15 bits per heavy atom. The number of rotatable bonds is 6. The van der Waals surface area contributed by atoms with Gasteiger partial charge >= 0.3 is 0 Å². The SMILES string of the molecule is CN=C(NCC(=O)NC(C)(C)C)NCc1ccccc1Cn1cccn1.I. The van der Waals surface area contributed by atoms with Crippen LogP contribution in [0.1, 0.15) is 31.9 Å². The number of aromatic nitrogens is 2. The maximum atomic E-state index is 11.9. The number of amides is 1. The monoisotopic (exact) mass is 484 g/mol. The Labute approximate surface area is 178 Å². The molecule has 27 heavy (non-hydrogen) atoms. The smallest absolute Gasteiger partial charge is 0.239 e. The van der Waals surface area contributed by atoms with E-state index in [1.54, 1.807) is 13.2 Å². The van der Waals surface area contributed by atoms with Crippen molar-refractivity contribution in [1.82, 2.24) is 25.7 Å². The second kappa shape index (κ2) is 10.9. The quantitative estimate of drug-likeness (QED) is 0.333. The minimum Gasteiger partial charge on any atom is -0.352 e. The Hall–Kier alpha value is -2.10. The zero-order valence-corrected chi connectivity index (χ0v) is 18.7. The summed E-state index contributed by atoms with van der Waals surface area (Å²) < 4.78 is 1.89. The number of nitrogens with zero attached hydrogens (tertiary/aromatic N) is 3. The molecule has 2 aromatic rings. The predicted octanol–water partition coefficient (Wildman–Crippen LogP) is 2.13. The Morgan fingerprint density at radius 3 is 2.44 bits per heavy atom. The first-order valence-corrected chi connectivity index (χ1v) is 8.67. The molecule has 0 saturated heterocycles. The van der Waals surface area contributed by atoms with Crippen LogP contribution in [0.4, 0.5) is 0 Å². The third-order valence-corrected chi connectivity index (χ3v) is 3.61. The fraction of sp³-hybridized carbons (Fsp3) is 0.421. The number of guanidine groups is 1. The molecule has 0 aliphatic carbocycles. The lowest BCUT2D eigenvalue weighted by Crippen LogP contribution is -2.48. The number of carbonyl (C=O) groups is 1. The van der Waals surface area contributed by atoms with E-state index in [1.165, 1.54) is 5.56 Å². The normalized spacial score (nSPS) is 11.5. The lowest BCUT2D eigenvalue weighted by atomic mass is 10.1. The van der Waals surface area contributed by atoms with Crippen LogP contribution in [0.3, 0.4) is 0 Å². The summed E-state index contributed by atoms with van der Waals surface area (Å²) in [4.78, 5) is 16.1. The van der Waals surface area contributed by atoms with Gasteiger partial charge in [0.1, 0.15) is 0 Å². The van der Waals surface area contributed by atoms with Crippen molar-refractivity contribution >= 4 is 35.8 Å². The Morgan fingerprint density at radius 2 is 1.85 bits per heavy atom. The second-order valence-electron chi connectivity index (χ2n) is 7.05. The average Bonchev–Trinajstić information content (AvgIpc) is 3.08. The molecule has 0 atom stereocenters. The topological polar surface area (TPSA) is 83.3 Å². The molecule has 0 unspecified atom stereocenters. The van der Waals surface area contributed by atoms with Crippen molar-refractivity contribution in [3.63, 3.8) is 0 Å². The molecule has 0 aliphatic rings. The molecule has 0 spiro atoms. The van der Waals surface area contributed by atoms with Gasteiger partial charge in [-0.2, -0.15) is 5.10 Å². The van der Waals surface area contributed by atoms with Gasteiger partial charge in [-0.05, 0) is 38.0 Å². The molecule has 0 fully saturated rings. The Balaban J connectivity index is 0.00000364. The van der Waals surface area contributed by atoms with Crippen LogP contribution in [0.5, 0.6) is 0 Å². The highest BCUT2D eigenvalue weighted by Gasteiger charge is 2.13. The molecular formula is C19H29IN6O. The molecular weight excluding hydrogens is 455 g/mol. The van der Waals surface area contributed by atoms with Crippen LogP contribution in [-0.4, -0.2) is 40.8 Å². The molecule has 1 amide bonds. The van der Waals surface area contributed by atoms with Gasteiger partial charge in [0.05, 0.1) is 13.1 Å². The third-order valence-electron chi connectivity index (χ3n) is 3.61. The van der Waals surface area contributed by atoms with Crippen LogP contribution >= 0.6 is 24.0 Å². The molecule has 2 rings (SSSR count). The maximum absolute atomic E-state index is 11.9. The summed E-state index contributed by atoms with van der Waals surface area (Å²) >= 11 is 0. The van der Waals surface area contributed by atoms with E-state index in [4.69, 9.17) is 0 Å². The fourth-order valence-electron chi connectivity index (χ4n) is 2.48. The summed E-state index contributed by atoms with van der Waals surface area (Å²) in [6.07, 6.45) is 3.72. The van der Waals surface area contributed by atoms with E-state index in [1.807, 2.05) is 49.8 Å². The van der Waals surface area contributed by atoms with Gasteiger partial charge in [-0.3, -0.25) is 14.5 Å². The second-order valence-corrected chi connectivity index (χ2v) is 7.05. The molecule has 0 radical (unpaired) electrons. The standard InChI is InChI=1S/C19H28N6O.HI/c1-19(2,3)24-17(26)13-22-18(20-4)21-12-15-8-5-6-9-16(15)14-25-11-7-10-23-25;/h5-11H,12-14H2,1-4H3,(H,24,26)(H2,20,21,22);1H. The molecule has 3 N–H and O–H groups in total. The summed E-state index contributed by atoms with van der Waals surface area (Å²) in [5.41, 5.74) is 2.09. The molecule has 0 aliphatic heterocycles. The molecule has 8 heteroatoms. The van der Waals surface area contributed by atoms with Crippen LogP contribution in [0.25, 0.3) is 0 Å². The van der Waals surface area contributed by atoms with E-state index < -0.39 is 0 Å². The van der Waals surface area contributed by atoms with Crippen LogP contribution < -0.4 is 16.0 Å². The molecule has 1 aromatic carbocycles. The van der Waals surface area contributed by atoms with Gasteiger partial charge in [-0.1, -0.05) is 24.3 Å². The first-order valence-electron chi connectivity index (χ1n) is 8.67. The predicted molar refractivity (Wildman–Crippen MR) is 119 cm³/mol. The van der Waals surface area contributed by atoms with Crippen molar-refractivity contribution in [2.24, 2.45) is 4.99 Å². The van der Waals surface area contributed by atoms with Crippen LogP contribution in [0, 0.1) is 0 Å². The van der Waals surface area contributed by atoms with Crippen molar-refractivity contribution in [3.8, 4) is 0 Å². The highest BCUT2D eigenvalue weighted by atomic mass is 127. The van der Waals surface area contributed by atoms with E-state index in [0.717, 1.165) is 5.56 Å². The molecule has 7 nitrogen and oxygen atoms in total. The number of hydrogen-bond acceptors (Lipinski definition) is 3. The highest BCUT2D eigenvalue weighted by molar-refractivity contribution is 14.0. The van der Waals surface area contributed by atoms with E-state index in [-0.39, 0.29) is 42.0 Å². The number of halogens is 1. The first kappa shape index (κ1) is 22.9. The largest absolute Gasteiger partial charge is 0.352 e. The number of carbonyl (C=O) groups excluding carboxylic acids is 1. The van der Waals surface area contributed by atoms with Gasteiger partial charge < -0.3 is 16.0 Å². The number of benzene rings is 1. The van der Waals surface area contributed by atoms with E-state index in [9.17, 15) is 4.79 Å². The summed E-state index contributed by atoms with van der Waals surface area (Å²) in [5, 5.41) is 13.5. The molecule has 148 valence electrons. The molecule has 0 saturated carbocycles. The first-order chi connectivity index (χ1) is 12.4. The molecule has 1 heterocycles. The number of nitrogens with one attached hydrogen (secondary N) is 3. The molecule has 0 bridgehead atoms. The van der Waals surface area contributed by atoms with Crippen LogP contribution in [0.2, 0.25) is 0 Å². The van der Waals surface area contributed by atoms with Crippen molar-refractivity contribution in [1.29, 1.82) is 0 Å². The summed E-state index contributed by atoms with van der Waals surface area (Å²) in [5.74, 6) is 0.516. The summed E-state index contributed by atoms with van der Waals surface area (Å²) in [6, 6.07) is 10.1. The maximum Gasteiger partial charge on any atom is 0.239 e. The van der Waals surface area contributed by atoms with Gasteiger partial charge in [0.15, 0.2) is 5.96 Å². The lowest BCUT2D eigenvalue weighted by Gasteiger charge is -2.21. The van der Waals surface area contributed by atoms with Crippen LogP contribution in [-0.2, 0) is 17.9 Å². The minimum atomic E-state index is -0.249. The zero-order chi connectivity index (χ0) is 19.0.